The van der Waals surface area contributed by atoms with Crippen molar-refractivity contribution in [2.45, 2.75) is 65.2 Å². The molecular formula is C21H26O5. The Balaban J connectivity index is 1.56. The van der Waals surface area contributed by atoms with Crippen molar-refractivity contribution in [1.82, 2.24) is 0 Å². The molecule has 0 unspecified atom stereocenters. The van der Waals surface area contributed by atoms with E-state index in [0.29, 0.717) is 25.7 Å². The summed E-state index contributed by atoms with van der Waals surface area (Å²) in [7, 11) is 0. The number of carbonyl (C=O) groups excluding carboxylic acids is 3. The summed E-state index contributed by atoms with van der Waals surface area (Å²) in [6.45, 7) is 3.72. The quantitative estimate of drug-likeness (QED) is 0.564. The highest BCUT2D eigenvalue weighted by molar-refractivity contribution is 5.89. The molecule has 0 bridgehead atoms. The van der Waals surface area contributed by atoms with Gasteiger partial charge < -0.3 is 8.83 Å². The van der Waals surface area contributed by atoms with E-state index in [4.69, 9.17) is 8.83 Å². The molecule has 0 atom stereocenters. The minimum absolute atomic E-state index is 0.0330. The molecular weight excluding hydrogens is 332 g/mol. The van der Waals surface area contributed by atoms with Crippen molar-refractivity contribution in [1.29, 1.82) is 0 Å². The molecule has 2 aromatic heterocycles. The highest BCUT2D eigenvalue weighted by Crippen LogP contribution is 2.12. The summed E-state index contributed by atoms with van der Waals surface area (Å²) in [5.74, 6) is 3.30. The lowest BCUT2D eigenvalue weighted by Gasteiger charge is -2.02. The molecule has 0 fully saturated rings. The predicted octanol–water partition coefficient (Wildman–Crippen LogP) is 4.32. The molecule has 140 valence electrons. The topological polar surface area (TPSA) is 77.5 Å². The number of rotatable bonds is 12. The van der Waals surface area contributed by atoms with Crippen molar-refractivity contribution >= 4 is 17.3 Å². The first kappa shape index (κ1) is 19.9. The SMILES string of the molecule is Cc1ccc(CCC(=O)CCC(=O)CCC(=O)CCc2ccc(C)o2)o1. The summed E-state index contributed by atoms with van der Waals surface area (Å²) in [5, 5.41) is 0. The standard InChI is InChI=1S/C21H26O5/c1-15-3-11-20(25-15)13-9-18(23)7-5-17(22)6-8-19(24)10-14-21-12-4-16(2)26-21/h3-4,11-12H,5-10,13-14H2,1-2H3. The van der Waals surface area contributed by atoms with Gasteiger partial charge in [0.05, 0.1) is 0 Å². The molecule has 0 aliphatic carbocycles. The van der Waals surface area contributed by atoms with E-state index in [1.54, 1.807) is 0 Å². The zero-order valence-electron chi connectivity index (χ0n) is 15.5. The number of hydrogen-bond donors (Lipinski definition) is 0. The van der Waals surface area contributed by atoms with E-state index in [-0.39, 0.29) is 43.0 Å². The van der Waals surface area contributed by atoms with Crippen LogP contribution < -0.4 is 0 Å². The Hall–Kier alpha value is -2.43. The molecule has 0 N–H and O–H groups in total. The summed E-state index contributed by atoms with van der Waals surface area (Å²) in [6, 6.07) is 7.47. The summed E-state index contributed by atoms with van der Waals surface area (Å²) in [4.78, 5) is 35.6. The van der Waals surface area contributed by atoms with E-state index in [1.807, 2.05) is 38.1 Å². The molecule has 0 radical (unpaired) electrons. The number of aryl methyl sites for hydroxylation is 4. The van der Waals surface area contributed by atoms with Gasteiger partial charge in [0.2, 0.25) is 0 Å². The smallest absolute Gasteiger partial charge is 0.133 e. The van der Waals surface area contributed by atoms with Crippen LogP contribution in [0.5, 0.6) is 0 Å². The van der Waals surface area contributed by atoms with Crippen LogP contribution in [0.15, 0.2) is 33.1 Å². The lowest BCUT2D eigenvalue weighted by molar-refractivity contribution is -0.126. The van der Waals surface area contributed by atoms with Gasteiger partial charge in [0.1, 0.15) is 40.4 Å². The third kappa shape index (κ3) is 7.21. The van der Waals surface area contributed by atoms with Crippen LogP contribution in [0.2, 0.25) is 0 Å². The number of hydrogen-bond acceptors (Lipinski definition) is 5. The summed E-state index contributed by atoms with van der Waals surface area (Å²) in [6.07, 6.45) is 2.76. The Kier molecular flexibility index (Phi) is 7.57. The van der Waals surface area contributed by atoms with Crippen molar-refractivity contribution in [3.05, 3.63) is 47.3 Å². The first-order chi connectivity index (χ1) is 12.4. The van der Waals surface area contributed by atoms with Gasteiger partial charge in [-0.1, -0.05) is 0 Å². The molecule has 0 saturated carbocycles. The first-order valence-corrected chi connectivity index (χ1v) is 9.08. The molecule has 0 aromatic carbocycles. The molecule has 5 heteroatoms. The highest BCUT2D eigenvalue weighted by atomic mass is 16.3. The monoisotopic (exact) mass is 358 g/mol. The summed E-state index contributed by atoms with van der Waals surface area (Å²) >= 11 is 0. The molecule has 0 aliphatic rings. The van der Waals surface area contributed by atoms with Gasteiger partial charge in [0.25, 0.3) is 0 Å². The van der Waals surface area contributed by atoms with Gasteiger partial charge in [0, 0.05) is 51.4 Å². The van der Waals surface area contributed by atoms with Gasteiger partial charge in [0.15, 0.2) is 0 Å². The van der Waals surface area contributed by atoms with E-state index >= 15 is 0 Å². The third-order valence-corrected chi connectivity index (χ3v) is 4.26. The second-order valence-electron chi connectivity index (χ2n) is 6.64. The first-order valence-electron chi connectivity index (χ1n) is 9.08. The third-order valence-electron chi connectivity index (χ3n) is 4.26. The average Bonchev–Trinajstić information content (AvgIpc) is 3.22. The van der Waals surface area contributed by atoms with E-state index < -0.39 is 0 Å². The second kappa shape index (κ2) is 9.90. The van der Waals surface area contributed by atoms with Gasteiger partial charge in [-0.3, -0.25) is 14.4 Å². The van der Waals surface area contributed by atoms with Crippen LogP contribution in [-0.4, -0.2) is 17.3 Å². The van der Waals surface area contributed by atoms with Gasteiger partial charge in [-0.2, -0.15) is 0 Å². The number of furan rings is 2. The van der Waals surface area contributed by atoms with Crippen LogP contribution in [0.4, 0.5) is 0 Å². The Morgan fingerprint density at radius 3 is 1.27 bits per heavy atom. The molecule has 2 heterocycles. The fraction of sp³-hybridized carbons (Fsp3) is 0.476. The van der Waals surface area contributed by atoms with E-state index in [0.717, 1.165) is 23.0 Å². The Morgan fingerprint density at radius 1 is 0.615 bits per heavy atom. The highest BCUT2D eigenvalue weighted by Gasteiger charge is 2.11. The lowest BCUT2D eigenvalue weighted by atomic mass is 10.0. The molecule has 0 spiro atoms. The molecule has 0 amide bonds. The van der Waals surface area contributed by atoms with E-state index in [9.17, 15) is 14.4 Å². The largest absolute Gasteiger partial charge is 0.466 e. The number of ketones is 3. The van der Waals surface area contributed by atoms with Gasteiger partial charge in [-0.05, 0) is 38.1 Å². The molecule has 26 heavy (non-hydrogen) atoms. The molecule has 5 nitrogen and oxygen atoms in total. The van der Waals surface area contributed by atoms with Crippen LogP contribution in [0.1, 0.15) is 61.6 Å². The fourth-order valence-electron chi connectivity index (χ4n) is 2.70. The minimum atomic E-state index is -0.0330. The van der Waals surface area contributed by atoms with Gasteiger partial charge in [-0.25, -0.2) is 0 Å². The number of Topliss-reactive ketones (excluding diaryl/α,β-unsaturated/α-hetero) is 3. The average molecular weight is 358 g/mol. The van der Waals surface area contributed by atoms with Crippen LogP contribution in [0, 0.1) is 13.8 Å². The van der Waals surface area contributed by atoms with Crippen LogP contribution in [-0.2, 0) is 27.2 Å². The molecule has 2 rings (SSSR count). The van der Waals surface area contributed by atoms with Crippen molar-refractivity contribution in [2.24, 2.45) is 0 Å². The van der Waals surface area contributed by atoms with Crippen LogP contribution in [0.25, 0.3) is 0 Å². The summed E-state index contributed by atoms with van der Waals surface area (Å²) in [5.41, 5.74) is 0. The molecule has 0 saturated heterocycles. The number of carbonyl (C=O) groups is 3. The Labute approximate surface area is 153 Å². The van der Waals surface area contributed by atoms with Crippen molar-refractivity contribution in [3.63, 3.8) is 0 Å². The maximum Gasteiger partial charge on any atom is 0.133 e. The fourth-order valence-corrected chi connectivity index (χ4v) is 2.70. The van der Waals surface area contributed by atoms with Crippen molar-refractivity contribution in [3.8, 4) is 0 Å². The van der Waals surface area contributed by atoms with Crippen molar-refractivity contribution < 1.29 is 23.2 Å². The van der Waals surface area contributed by atoms with Crippen LogP contribution >= 0.6 is 0 Å². The maximum absolute atomic E-state index is 11.9. The van der Waals surface area contributed by atoms with Crippen molar-refractivity contribution in [2.75, 3.05) is 0 Å². The Bertz CT molecular complexity index is 688. The summed E-state index contributed by atoms with van der Waals surface area (Å²) < 4.78 is 10.8. The van der Waals surface area contributed by atoms with Crippen LogP contribution in [0.3, 0.4) is 0 Å². The van der Waals surface area contributed by atoms with E-state index in [2.05, 4.69) is 0 Å². The van der Waals surface area contributed by atoms with E-state index in [1.165, 1.54) is 0 Å². The minimum Gasteiger partial charge on any atom is -0.466 e. The normalized spacial score (nSPS) is 10.8. The molecule has 0 aliphatic heterocycles. The molecule has 2 aromatic rings. The Morgan fingerprint density at radius 2 is 0.962 bits per heavy atom. The zero-order valence-corrected chi connectivity index (χ0v) is 15.5. The predicted molar refractivity (Wildman–Crippen MR) is 97.0 cm³/mol. The second-order valence-corrected chi connectivity index (χ2v) is 6.64. The maximum atomic E-state index is 11.9. The lowest BCUT2D eigenvalue weighted by Crippen LogP contribution is -2.08. The van der Waals surface area contributed by atoms with Gasteiger partial charge >= 0.3 is 0 Å². The zero-order chi connectivity index (χ0) is 18.9. The van der Waals surface area contributed by atoms with Gasteiger partial charge in [-0.15, -0.1) is 0 Å².